The smallest absolute Gasteiger partial charge is 0.240 e. The molecule has 5 rings (SSSR count). The summed E-state index contributed by atoms with van der Waals surface area (Å²) >= 11 is 0. The molecule has 0 fully saturated rings. The van der Waals surface area contributed by atoms with E-state index >= 15 is 0 Å². The van der Waals surface area contributed by atoms with Gasteiger partial charge in [0, 0.05) is 12.5 Å². The van der Waals surface area contributed by atoms with E-state index in [1.165, 1.54) is 33.6 Å². The van der Waals surface area contributed by atoms with E-state index in [2.05, 4.69) is 83.9 Å². The van der Waals surface area contributed by atoms with Crippen LogP contribution in [0.5, 0.6) is 0 Å². The normalized spacial score (nSPS) is 12.4. The summed E-state index contributed by atoms with van der Waals surface area (Å²) in [4.78, 5) is 5.03. The molecule has 1 aliphatic rings. The maximum absolute atomic E-state index is 5.03. The van der Waals surface area contributed by atoms with Crippen molar-refractivity contribution in [1.29, 1.82) is 0 Å². The highest BCUT2D eigenvalue weighted by atomic mass is 15.1. The molecule has 0 saturated heterocycles. The summed E-state index contributed by atoms with van der Waals surface area (Å²) in [5, 5.41) is 0. The van der Waals surface area contributed by atoms with Crippen molar-refractivity contribution in [3.8, 4) is 16.9 Å². The van der Waals surface area contributed by atoms with Gasteiger partial charge in [-0.05, 0) is 30.2 Å². The van der Waals surface area contributed by atoms with E-state index in [1.807, 2.05) is 0 Å². The summed E-state index contributed by atoms with van der Waals surface area (Å²) < 4.78 is 4.49. The Bertz CT molecular complexity index is 1110. The molecule has 0 aliphatic carbocycles. The van der Waals surface area contributed by atoms with E-state index < -0.39 is 0 Å². The Hall–Kier alpha value is -2.94. The van der Waals surface area contributed by atoms with E-state index in [-0.39, 0.29) is 0 Å². The van der Waals surface area contributed by atoms with Crippen molar-refractivity contribution in [3.63, 3.8) is 0 Å². The quantitative estimate of drug-likeness (QED) is 0.432. The van der Waals surface area contributed by atoms with Crippen LogP contribution >= 0.6 is 0 Å². The Labute approximate surface area is 140 Å². The number of para-hydroxylation sites is 1. The van der Waals surface area contributed by atoms with E-state index in [9.17, 15) is 0 Å². The first-order chi connectivity index (χ1) is 11.7. The Morgan fingerprint density at radius 1 is 1.00 bits per heavy atom. The molecule has 116 valence electrons. The van der Waals surface area contributed by atoms with Crippen LogP contribution in [0, 0.1) is 6.92 Å². The van der Waals surface area contributed by atoms with Crippen molar-refractivity contribution < 1.29 is 4.57 Å². The van der Waals surface area contributed by atoms with Gasteiger partial charge in [-0.15, -0.1) is 0 Å². The predicted molar refractivity (Wildman–Crippen MR) is 95.2 cm³/mol. The second-order valence-corrected chi connectivity index (χ2v) is 6.49. The molecule has 3 heteroatoms. The predicted octanol–water partition coefficient (Wildman–Crippen LogP) is 3.73. The van der Waals surface area contributed by atoms with Crippen LogP contribution in [-0.2, 0) is 13.5 Å². The van der Waals surface area contributed by atoms with Gasteiger partial charge < -0.3 is 0 Å². The lowest BCUT2D eigenvalue weighted by Crippen LogP contribution is -2.30. The van der Waals surface area contributed by atoms with Crippen LogP contribution in [-0.4, -0.2) is 9.55 Å². The molecule has 2 aromatic carbocycles. The van der Waals surface area contributed by atoms with E-state index in [1.54, 1.807) is 0 Å². The van der Waals surface area contributed by atoms with Crippen LogP contribution in [0.2, 0.25) is 0 Å². The van der Waals surface area contributed by atoms with Crippen LogP contribution in [0.25, 0.3) is 28.0 Å². The molecule has 2 aromatic heterocycles. The van der Waals surface area contributed by atoms with Crippen molar-refractivity contribution in [2.75, 3.05) is 0 Å². The Morgan fingerprint density at radius 2 is 1.79 bits per heavy atom. The number of imidazole rings is 1. The number of nitrogens with zero attached hydrogens (tertiary/aromatic N) is 3. The molecule has 0 atom stereocenters. The first-order valence-corrected chi connectivity index (χ1v) is 8.28. The standard InChI is InChI=1S/C21H18N3/c1-14-7-3-5-9-16(14)21-20-18(11-12-23(21)2)24-17-10-6-4-8-15(17)13-19(24)22-20/h3-12H,13H2,1-2H3/q+1. The van der Waals surface area contributed by atoms with Crippen molar-refractivity contribution >= 4 is 11.0 Å². The number of benzene rings is 2. The average molecular weight is 312 g/mol. The molecule has 1 aliphatic heterocycles. The van der Waals surface area contributed by atoms with Gasteiger partial charge in [-0.2, -0.15) is 4.57 Å². The zero-order chi connectivity index (χ0) is 16.3. The highest BCUT2D eigenvalue weighted by Gasteiger charge is 2.27. The fourth-order valence-electron chi connectivity index (χ4n) is 3.83. The Morgan fingerprint density at radius 3 is 2.67 bits per heavy atom. The largest absolute Gasteiger partial charge is 0.295 e. The van der Waals surface area contributed by atoms with Crippen LogP contribution in [0.1, 0.15) is 17.0 Å². The van der Waals surface area contributed by atoms with Crippen LogP contribution in [0.3, 0.4) is 0 Å². The number of rotatable bonds is 1. The molecule has 3 nitrogen and oxygen atoms in total. The van der Waals surface area contributed by atoms with Crippen LogP contribution in [0.4, 0.5) is 0 Å². The molecule has 0 N–H and O–H groups in total. The van der Waals surface area contributed by atoms with Gasteiger partial charge in [0.25, 0.3) is 0 Å². The van der Waals surface area contributed by atoms with E-state index in [0.29, 0.717) is 0 Å². The SMILES string of the molecule is Cc1ccccc1-c1c2nc3n(c2cc[n+]1C)-c1ccccc1C3. The number of hydrogen-bond acceptors (Lipinski definition) is 1. The zero-order valence-electron chi connectivity index (χ0n) is 13.8. The third-order valence-electron chi connectivity index (χ3n) is 5.00. The number of fused-ring (bicyclic) bond motifs is 5. The first-order valence-electron chi connectivity index (χ1n) is 8.28. The number of hydrogen-bond donors (Lipinski definition) is 0. The summed E-state index contributed by atoms with van der Waals surface area (Å²) in [6.07, 6.45) is 3.04. The van der Waals surface area contributed by atoms with Gasteiger partial charge in [-0.25, -0.2) is 4.98 Å². The molecule has 0 spiro atoms. The fourth-order valence-corrected chi connectivity index (χ4v) is 3.83. The highest BCUT2D eigenvalue weighted by Crippen LogP contribution is 2.34. The van der Waals surface area contributed by atoms with Crippen LogP contribution < -0.4 is 4.57 Å². The topological polar surface area (TPSA) is 21.7 Å². The third-order valence-corrected chi connectivity index (χ3v) is 5.00. The summed E-state index contributed by atoms with van der Waals surface area (Å²) in [6.45, 7) is 2.16. The summed E-state index contributed by atoms with van der Waals surface area (Å²) in [5.41, 5.74) is 8.59. The van der Waals surface area contributed by atoms with Gasteiger partial charge in [0.2, 0.25) is 5.69 Å². The van der Waals surface area contributed by atoms with Gasteiger partial charge in [0.05, 0.1) is 16.8 Å². The molecular weight excluding hydrogens is 294 g/mol. The maximum atomic E-state index is 5.03. The zero-order valence-corrected chi connectivity index (χ0v) is 13.8. The van der Waals surface area contributed by atoms with E-state index in [0.717, 1.165) is 17.8 Å². The summed E-state index contributed by atoms with van der Waals surface area (Å²) in [7, 11) is 2.10. The first kappa shape index (κ1) is 13.5. The van der Waals surface area contributed by atoms with Gasteiger partial charge in [0.15, 0.2) is 11.7 Å². The molecule has 24 heavy (non-hydrogen) atoms. The van der Waals surface area contributed by atoms with Gasteiger partial charge in [-0.1, -0.05) is 36.4 Å². The molecule has 0 saturated carbocycles. The van der Waals surface area contributed by atoms with Gasteiger partial charge in [0.1, 0.15) is 12.9 Å². The third kappa shape index (κ3) is 1.72. The van der Waals surface area contributed by atoms with Crippen molar-refractivity contribution in [3.05, 3.63) is 77.7 Å². The van der Waals surface area contributed by atoms with Crippen molar-refractivity contribution in [1.82, 2.24) is 9.55 Å². The lowest BCUT2D eigenvalue weighted by Gasteiger charge is -2.06. The molecule has 0 bridgehead atoms. The number of aryl methyl sites for hydroxylation is 2. The second-order valence-electron chi connectivity index (χ2n) is 6.49. The Kier molecular flexibility index (Phi) is 2.69. The van der Waals surface area contributed by atoms with Crippen molar-refractivity contribution in [2.45, 2.75) is 13.3 Å². The molecule has 3 heterocycles. The number of aromatic nitrogens is 3. The molecular formula is C21H18N3+. The van der Waals surface area contributed by atoms with Crippen LogP contribution in [0.15, 0.2) is 60.8 Å². The maximum Gasteiger partial charge on any atom is 0.240 e. The van der Waals surface area contributed by atoms with Gasteiger partial charge in [-0.3, -0.25) is 4.57 Å². The Balaban J connectivity index is 1.87. The lowest BCUT2D eigenvalue weighted by atomic mass is 10.0. The summed E-state index contributed by atoms with van der Waals surface area (Å²) in [5.74, 6) is 1.13. The monoisotopic (exact) mass is 312 g/mol. The minimum absolute atomic E-state index is 0.905. The summed E-state index contributed by atoms with van der Waals surface area (Å²) in [6, 6.07) is 19.3. The van der Waals surface area contributed by atoms with E-state index in [4.69, 9.17) is 4.98 Å². The second kappa shape index (κ2) is 4.78. The average Bonchev–Trinajstić information content (AvgIpc) is 3.11. The van der Waals surface area contributed by atoms with Crippen molar-refractivity contribution in [2.24, 2.45) is 7.05 Å². The fraction of sp³-hybridized carbons (Fsp3) is 0.143. The molecule has 0 amide bonds. The molecule has 4 aromatic rings. The minimum atomic E-state index is 0.905. The highest BCUT2D eigenvalue weighted by molar-refractivity contribution is 5.90. The van der Waals surface area contributed by atoms with Gasteiger partial charge >= 0.3 is 0 Å². The number of pyridine rings is 1. The minimum Gasteiger partial charge on any atom is -0.295 e. The lowest BCUT2D eigenvalue weighted by molar-refractivity contribution is -0.659. The molecule has 0 unspecified atom stereocenters. The molecule has 0 radical (unpaired) electrons.